The molecule has 1 aromatic rings. The Labute approximate surface area is 133 Å². The van der Waals surface area contributed by atoms with Crippen LogP contribution in [0.1, 0.15) is 63.4 Å². The summed E-state index contributed by atoms with van der Waals surface area (Å²) in [4.78, 5) is 23.6. The van der Waals surface area contributed by atoms with Crippen molar-refractivity contribution >= 4 is 11.6 Å². The van der Waals surface area contributed by atoms with Gasteiger partial charge in [-0.25, -0.2) is 0 Å². The monoisotopic (exact) mass is 298 g/mol. The Bertz CT molecular complexity index is 514. The topological polar surface area (TPSA) is 34.1 Å². The summed E-state index contributed by atoms with van der Waals surface area (Å²) in [6.45, 7) is 0. The molecule has 0 saturated heterocycles. The lowest BCUT2D eigenvalue weighted by Crippen LogP contribution is -2.00. The highest BCUT2D eigenvalue weighted by atomic mass is 16.1. The van der Waals surface area contributed by atoms with Gasteiger partial charge in [0.25, 0.3) is 0 Å². The van der Waals surface area contributed by atoms with Gasteiger partial charge in [0.2, 0.25) is 0 Å². The van der Waals surface area contributed by atoms with Crippen molar-refractivity contribution < 1.29 is 9.59 Å². The molecule has 0 amide bonds. The summed E-state index contributed by atoms with van der Waals surface area (Å²) in [6.07, 6.45) is 10.2. The van der Waals surface area contributed by atoms with Crippen molar-refractivity contribution in [1.29, 1.82) is 0 Å². The molecule has 2 nitrogen and oxygen atoms in total. The van der Waals surface area contributed by atoms with E-state index in [9.17, 15) is 9.59 Å². The lowest BCUT2D eigenvalue weighted by Gasteiger charge is -2.08. The molecule has 0 fully saturated rings. The molecule has 0 aliphatic heterocycles. The summed E-state index contributed by atoms with van der Waals surface area (Å²) in [5.41, 5.74) is 2.67. The first-order valence-corrected chi connectivity index (χ1v) is 8.49. The van der Waals surface area contributed by atoms with Crippen molar-refractivity contribution in [1.82, 2.24) is 0 Å². The Hall–Kier alpha value is -1.70. The summed E-state index contributed by atoms with van der Waals surface area (Å²) < 4.78 is 0. The molecule has 2 heteroatoms. The van der Waals surface area contributed by atoms with Crippen LogP contribution in [0.25, 0.3) is 0 Å². The SMILES string of the molecule is O=C1CCC=C(Cc2ccccc2)CCCC(=O)CCCC1. The number of Topliss-reactive ketones (excluding diaryl/α,β-unsaturated/α-hetero) is 2. The molecule has 1 aromatic carbocycles. The van der Waals surface area contributed by atoms with E-state index in [4.69, 9.17) is 0 Å². The zero-order valence-electron chi connectivity index (χ0n) is 13.4. The van der Waals surface area contributed by atoms with E-state index in [0.717, 1.165) is 38.5 Å². The maximum Gasteiger partial charge on any atom is 0.133 e. The highest BCUT2D eigenvalue weighted by Gasteiger charge is 2.08. The Balaban J connectivity index is 1.99. The largest absolute Gasteiger partial charge is 0.300 e. The normalized spacial score (nSPS) is 18.8. The van der Waals surface area contributed by atoms with E-state index >= 15 is 0 Å². The van der Waals surface area contributed by atoms with Gasteiger partial charge in [-0.1, -0.05) is 42.0 Å². The molecule has 0 spiro atoms. The Kier molecular flexibility index (Phi) is 7.08. The molecule has 2 rings (SSSR count). The van der Waals surface area contributed by atoms with Crippen LogP contribution in [0.3, 0.4) is 0 Å². The molecule has 0 unspecified atom stereocenters. The maximum atomic E-state index is 11.8. The second kappa shape index (κ2) is 9.34. The summed E-state index contributed by atoms with van der Waals surface area (Å²) in [5.74, 6) is 0.688. The Morgan fingerprint density at radius 3 is 2.09 bits per heavy atom. The highest BCUT2D eigenvalue weighted by molar-refractivity contribution is 5.79. The van der Waals surface area contributed by atoms with Gasteiger partial charge in [0.15, 0.2) is 0 Å². The van der Waals surface area contributed by atoms with Crippen LogP contribution in [0.4, 0.5) is 0 Å². The fourth-order valence-electron chi connectivity index (χ4n) is 2.96. The molecule has 0 N–H and O–H groups in total. The molecule has 0 aromatic heterocycles. The third-order valence-corrected chi connectivity index (χ3v) is 4.24. The molecule has 118 valence electrons. The molecular weight excluding hydrogens is 272 g/mol. The molecule has 22 heavy (non-hydrogen) atoms. The number of hydrogen-bond donors (Lipinski definition) is 0. The van der Waals surface area contributed by atoms with Crippen LogP contribution in [0.2, 0.25) is 0 Å². The van der Waals surface area contributed by atoms with E-state index in [1.807, 2.05) is 6.07 Å². The molecule has 0 bridgehead atoms. The lowest BCUT2D eigenvalue weighted by molar-refractivity contribution is -0.120. The summed E-state index contributed by atoms with van der Waals surface area (Å²) in [5, 5.41) is 0. The van der Waals surface area contributed by atoms with Crippen LogP contribution in [-0.2, 0) is 16.0 Å². The van der Waals surface area contributed by atoms with Gasteiger partial charge in [-0.05, 0) is 44.1 Å². The van der Waals surface area contributed by atoms with Gasteiger partial charge in [0.05, 0.1) is 0 Å². The van der Waals surface area contributed by atoms with Crippen molar-refractivity contribution in [2.24, 2.45) is 0 Å². The fourth-order valence-corrected chi connectivity index (χ4v) is 2.96. The second-order valence-electron chi connectivity index (χ2n) is 6.20. The van der Waals surface area contributed by atoms with Crippen molar-refractivity contribution in [2.45, 2.75) is 64.2 Å². The van der Waals surface area contributed by atoms with Crippen LogP contribution in [-0.4, -0.2) is 11.6 Å². The minimum atomic E-state index is 0.335. The van der Waals surface area contributed by atoms with E-state index in [2.05, 4.69) is 30.3 Å². The number of benzene rings is 1. The van der Waals surface area contributed by atoms with Crippen molar-refractivity contribution in [3.05, 3.63) is 47.5 Å². The Morgan fingerprint density at radius 2 is 1.36 bits per heavy atom. The standard InChI is InChI=1S/C20H26O2/c21-19-12-4-5-13-20(22)15-7-11-18(10-6-14-19)16-17-8-2-1-3-9-17/h1-3,8-10H,4-7,11-16H2. The third kappa shape index (κ3) is 6.38. The number of hydrogen-bond acceptors (Lipinski definition) is 2. The van der Waals surface area contributed by atoms with Gasteiger partial charge in [-0.2, -0.15) is 0 Å². The zero-order valence-corrected chi connectivity index (χ0v) is 13.4. The van der Waals surface area contributed by atoms with Gasteiger partial charge in [-0.3, -0.25) is 9.59 Å². The maximum absolute atomic E-state index is 11.8. The van der Waals surface area contributed by atoms with Gasteiger partial charge in [0, 0.05) is 25.7 Å². The van der Waals surface area contributed by atoms with Crippen LogP contribution in [0.15, 0.2) is 42.0 Å². The third-order valence-electron chi connectivity index (χ3n) is 4.24. The summed E-state index contributed by atoms with van der Waals surface area (Å²) in [6, 6.07) is 10.4. The molecule has 0 saturated carbocycles. The van der Waals surface area contributed by atoms with E-state index < -0.39 is 0 Å². The van der Waals surface area contributed by atoms with Gasteiger partial charge in [0.1, 0.15) is 11.6 Å². The fraction of sp³-hybridized carbons (Fsp3) is 0.500. The van der Waals surface area contributed by atoms with Crippen molar-refractivity contribution in [2.75, 3.05) is 0 Å². The molecule has 0 radical (unpaired) electrons. The first kappa shape index (κ1) is 16.7. The minimum Gasteiger partial charge on any atom is -0.300 e. The number of allylic oxidation sites excluding steroid dienone is 2. The first-order chi connectivity index (χ1) is 10.7. The second-order valence-corrected chi connectivity index (χ2v) is 6.20. The molecule has 0 atom stereocenters. The van der Waals surface area contributed by atoms with Crippen LogP contribution < -0.4 is 0 Å². The first-order valence-electron chi connectivity index (χ1n) is 8.49. The summed E-state index contributed by atoms with van der Waals surface area (Å²) in [7, 11) is 0. The van der Waals surface area contributed by atoms with Crippen LogP contribution in [0.5, 0.6) is 0 Å². The van der Waals surface area contributed by atoms with Crippen LogP contribution >= 0.6 is 0 Å². The lowest BCUT2D eigenvalue weighted by atomic mass is 9.97. The van der Waals surface area contributed by atoms with Crippen molar-refractivity contribution in [3.63, 3.8) is 0 Å². The van der Waals surface area contributed by atoms with Crippen LogP contribution in [0, 0.1) is 0 Å². The van der Waals surface area contributed by atoms with E-state index in [-0.39, 0.29) is 0 Å². The number of ketones is 2. The van der Waals surface area contributed by atoms with Crippen molar-refractivity contribution in [3.8, 4) is 0 Å². The van der Waals surface area contributed by atoms with E-state index in [1.165, 1.54) is 11.1 Å². The molecule has 0 heterocycles. The van der Waals surface area contributed by atoms with Gasteiger partial charge >= 0.3 is 0 Å². The van der Waals surface area contributed by atoms with E-state index in [1.54, 1.807) is 0 Å². The summed E-state index contributed by atoms with van der Waals surface area (Å²) >= 11 is 0. The van der Waals surface area contributed by atoms with E-state index in [0.29, 0.717) is 37.2 Å². The quantitative estimate of drug-likeness (QED) is 0.734. The zero-order chi connectivity index (χ0) is 15.6. The molecule has 1 aliphatic rings. The predicted molar refractivity (Wildman–Crippen MR) is 89.8 cm³/mol. The number of rotatable bonds is 2. The van der Waals surface area contributed by atoms with Gasteiger partial charge in [-0.15, -0.1) is 0 Å². The Morgan fingerprint density at radius 1 is 0.727 bits per heavy atom. The predicted octanol–water partition coefficient (Wildman–Crippen LogP) is 4.82. The molecular formula is C20H26O2. The molecule has 1 aliphatic carbocycles. The van der Waals surface area contributed by atoms with Gasteiger partial charge < -0.3 is 0 Å². The average Bonchev–Trinajstić information content (AvgIpc) is 2.53. The number of carbonyl (C=O) groups is 2. The smallest absolute Gasteiger partial charge is 0.133 e. The average molecular weight is 298 g/mol. The number of carbonyl (C=O) groups excluding carboxylic acids is 2. The minimum absolute atomic E-state index is 0.335. The highest BCUT2D eigenvalue weighted by Crippen LogP contribution is 2.18.